The second-order valence-corrected chi connectivity index (χ2v) is 12.3. The number of anilines is 1. The number of alkyl halides is 3. The van der Waals surface area contributed by atoms with Crippen molar-refractivity contribution in [1.82, 2.24) is 20.1 Å². The van der Waals surface area contributed by atoms with Gasteiger partial charge in [0.2, 0.25) is 34.2 Å². The molecule has 0 bridgehead atoms. The first-order valence-electron chi connectivity index (χ1n) is 12.2. The molecule has 4 atom stereocenters. The lowest BCUT2D eigenvalue weighted by Gasteiger charge is -2.33. The molecule has 1 aromatic heterocycles. The van der Waals surface area contributed by atoms with Crippen LogP contribution in [0.3, 0.4) is 0 Å². The van der Waals surface area contributed by atoms with Crippen molar-refractivity contribution in [2.75, 3.05) is 18.1 Å². The third kappa shape index (κ3) is 13.4. The SMILES string of the molecule is CC(C)C[C@@H](C(=O)N[C@H](C(=O)Nc1nccs1)[C@H](C)CCN=C(N)NS(C)(=O)=O)[C@H](CCC(F)(F)F)N(O)C=O. The van der Waals surface area contributed by atoms with Gasteiger partial charge in [0.05, 0.1) is 18.2 Å². The van der Waals surface area contributed by atoms with Crippen LogP contribution < -0.4 is 21.1 Å². The van der Waals surface area contributed by atoms with Gasteiger partial charge in [-0.2, -0.15) is 13.2 Å². The summed E-state index contributed by atoms with van der Waals surface area (Å²) in [6.45, 7) is 4.99. The van der Waals surface area contributed by atoms with E-state index in [9.17, 15) is 41.2 Å². The number of nitrogens with zero attached hydrogens (tertiary/aromatic N) is 3. The van der Waals surface area contributed by atoms with Crippen LogP contribution in [0.15, 0.2) is 16.6 Å². The zero-order valence-electron chi connectivity index (χ0n) is 22.5. The van der Waals surface area contributed by atoms with E-state index >= 15 is 0 Å². The Balaban J connectivity index is 3.24. The maximum Gasteiger partial charge on any atom is 0.389 e. The van der Waals surface area contributed by atoms with Gasteiger partial charge in [-0.25, -0.2) is 18.5 Å². The zero-order valence-corrected chi connectivity index (χ0v) is 24.1. The molecule has 0 aliphatic carbocycles. The molecular formula is C22H36F3N7O6S2. The fourth-order valence-corrected chi connectivity index (χ4v) is 4.80. The Hall–Kier alpha value is -2.99. The minimum atomic E-state index is -4.60. The Labute approximate surface area is 234 Å². The van der Waals surface area contributed by atoms with Crippen LogP contribution in [0.5, 0.6) is 0 Å². The molecule has 1 aromatic rings. The molecule has 18 heteroatoms. The van der Waals surface area contributed by atoms with Crippen LogP contribution in [0, 0.1) is 17.8 Å². The number of nitrogens with one attached hydrogen (secondary N) is 3. The van der Waals surface area contributed by atoms with Gasteiger partial charge in [-0.05, 0) is 31.1 Å². The molecule has 0 aliphatic heterocycles. The van der Waals surface area contributed by atoms with E-state index in [0.717, 1.165) is 17.6 Å². The molecular weight excluding hydrogens is 579 g/mol. The maximum atomic E-state index is 13.5. The van der Waals surface area contributed by atoms with E-state index in [2.05, 4.69) is 20.6 Å². The average molecular weight is 616 g/mol. The summed E-state index contributed by atoms with van der Waals surface area (Å²) >= 11 is 1.12. The van der Waals surface area contributed by atoms with E-state index in [1.807, 2.05) is 4.72 Å². The number of guanidine groups is 1. The summed E-state index contributed by atoms with van der Waals surface area (Å²) in [5, 5.41) is 17.1. The van der Waals surface area contributed by atoms with E-state index in [4.69, 9.17) is 5.73 Å². The van der Waals surface area contributed by atoms with Crippen molar-refractivity contribution in [3.8, 4) is 0 Å². The lowest BCUT2D eigenvalue weighted by Crippen LogP contribution is -2.53. The normalized spacial score (nSPS) is 15.6. The number of carbonyl (C=O) groups excluding carboxylic acids is 3. The quantitative estimate of drug-likeness (QED) is 0.0609. The Morgan fingerprint density at radius 3 is 2.40 bits per heavy atom. The van der Waals surface area contributed by atoms with Crippen LogP contribution in [-0.2, 0) is 24.4 Å². The zero-order chi connectivity index (χ0) is 30.7. The molecule has 1 heterocycles. The van der Waals surface area contributed by atoms with Crippen molar-refractivity contribution in [3.63, 3.8) is 0 Å². The molecule has 0 aromatic carbocycles. The van der Waals surface area contributed by atoms with Gasteiger partial charge in [0.15, 0.2) is 5.13 Å². The summed E-state index contributed by atoms with van der Waals surface area (Å²) in [5.41, 5.74) is 5.54. The maximum absolute atomic E-state index is 13.5. The van der Waals surface area contributed by atoms with Crippen molar-refractivity contribution >= 4 is 50.7 Å². The molecule has 0 saturated heterocycles. The van der Waals surface area contributed by atoms with Gasteiger partial charge in [-0.1, -0.05) is 20.8 Å². The van der Waals surface area contributed by atoms with Gasteiger partial charge in [0.1, 0.15) is 6.04 Å². The summed E-state index contributed by atoms with van der Waals surface area (Å²) in [5.74, 6) is -4.02. The summed E-state index contributed by atoms with van der Waals surface area (Å²) in [7, 11) is -3.65. The van der Waals surface area contributed by atoms with Gasteiger partial charge < -0.3 is 16.4 Å². The first-order valence-corrected chi connectivity index (χ1v) is 15.0. The number of halogens is 3. The summed E-state index contributed by atoms with van der Waals surface area (Å²) < 4.78 is 63.5. The minimum absolute atomic E-state index is 0.00639. The Bertz CT molecular complexity index is 1100. The number of amides is 3. The van der Waals surface area contributed by atoms with Crippen LogP contribution >= 0.6 is 11.3 Å². The third-order valence-electron chi connectivity index (χ3n) is 5.67. The van der Waals surface area contributed by atoms with E-state index in [1.54, 1.807) is 26.2 Å². The largest absolute Gasteiger partial charge is 0.389 e. The number of nitrogens with two attached hydrogens (primary N) is 1. The number of sulfonamides is 1. The van der Waals surface area contributed by atoms with E-state index in [-0.39, 0.29) is 47.9 Å². The van der Waals surface area contributed by atoms with Crippen LogP contribution in [0.25, 0.3) is 0 Å². The minimum Gasteiger partial charge on any atom is -0.369 e. The molecule has 0 aliphatic rings. The molecule has 6 N–H and O–H groups in total. The van der Waals surface area contributed by atoms with Gasteiger partial charge in [0, 0.05) is 24.5 Å². The number of thiazole rings is 1. The van der Waals surface area contributed by atoms with E-state index < -0.39 is 64.8 Å². The summed E-state index contributed by atoms with van der Waals surface area (Å²) in [6, 6.07) is -2.75. The second kappa shape index (κ2) is 15.7. The molecule has 13 nitrogen and oxygen atoms in total. The first-order chi connectivity index (χ1) is 18.4. The third-order valence-corrected chi connectivity index (χ3v) is 6.93. The van der Waals surface area contributed by atoms with Gasteiger partial charge >= 0.3 is 6.18 Å². The Morgan fingerprint density at radius 2 is 1.90 bits per heavy atom. The molecule has 0 spiro atoms. The number of hydroxylamine groups is 2. The summed E-state index contributed by atoms with van der Waals surface area (Å²) in [6.07, 6.45) is -4.28. The lowest BCUT2D eigenvalue weighted by atomic mass is 9.86. The number of aliphatic imine (C=N–C) groups is 1. The number of aromatic nitrogens is 1. The van der Waals surface area contributed by atoms with Gasteiger partial charge in [0.25, 0.3) is 0 Å². The van der Waals surface area contributed by atoms with E-state index in [1.165, 1.54) is 6.20 Å². The monoisotopic (exact) mass is 615 g/mol. The predicted octanol–water partition coefficient (Wildman–Crippen LogP) is 1.68. The fraction of sp³-hybridized carbons (Fsp3) is 0.682. The topological polar surface area (TPSA) is 196 Å². The molecule has 0 radical (unpaired) electrons. The van der Waals surface area contributed by atoms with Crippen molar-refractivity contribution in [3.05, 3.63) is 11.6 Å². The highest BCUT2D eigenvalue weighted by molar-refractivity contribution is 7.89. The van der Waals surface area contributed by atoms with Crippen molar-refractivity contribution in [1.29, 1.82) is 0 Å². The average Bonchev–Trinajstić information content (AvgIpc) is 3.32. The second-order valence-electron chi connectivity index (χ2n) is 9.66. The van der Waals surface area contributed by atoms with Gasteiger partial charge in [-0.3, -0.25) is 29.3 Å². The highest BCUT2D eigenvalue weighted by Gasteiger charge is 2.39. The smallest absolute Gasteiger partial charge is 0.369 e. The molecule has 0 saturated carbocycles. The fourth-order valence-electron chi connectivity index (χ4n) is 3.83. The standard InChI is InChI=1S/C22H36F3N7O6S2/c1-13(2)11-15(16(32(36)12-33)5-7-22(23,24)25)18(34)29-17(19(35)30-21-28-9-10-39-21)14(3)6-8-27-20(26)31-40(4,37)38/h9-10,12-17,36H,5-8,11H2,1-4H3,(H,29,34)(H3,26,27,31)(H,28,30,35)/t14-,15-,16+,17+/m1/s1. The van der Waals surface area contributed by atoms with Crippen molar-refractivity contribution in [2.45, 2.75) is 64.7 Å². The Morgan fingerprint density at radius 1 is 1.25 bits per heavy atom. The van der Waals surface area contributed by atoms with Crippen LogP contribution in [0.4, 0.5) is 18.3 Å². The molecule has 3 amide bonds. The number of carbonyl (C=O) groups is 3. The van der Waals surface area contributed by atoms with E-state index in [0.29, 0.717) is 0 Å². The summed E-state index contributed by atoms with van der Waals surface area (Å²) in [4.78, 5) is 45.8. The molecule has 0 unspecified atom stereocenters. The highest BCUT2D eigenvalue weighted by Crippen LogP contribution is 2.29. The molecule has 0 fully saturated rings. The molecule has 40 heavy (non-hydrogen) atoms. The predicted molar refractivity (Wildman–Crippen MR) is 143 cm³/mol. The van der Waals surface area contributed by atoms with Crippen molar-refractivity contribution in [2.24, 2.45) is 28.5 Å². The highest BCUT2D eigenvalue weighted by atomic mass is 32.2. The van der Waals surface area contributed by atoms with Gasteiger partial charge in [-0.15, -0.1) is 11.3 Å². The lowest BCUT2D eigenvalue weighted by molar-refractivity contribution is -0.178. The molecule has 228 valence electrons. The number of rotatable bonds is 16. The number of hydrogen-bond acceptors (Lipinski definition) is 9. The first kappa shape index (κ1) is 35.0. The Kier molecular flexibility index (Phi) is 13.8. The van der Waals surface area contributed by atoms with Crippen LogP contribution in [-0.4, -0.2) is 78.9 Å². The molecule has 1 rings (SSSR count). The number of hydrogen-bond donors (Lipinski definition) is 5. The van der Waals surface area contributed by atoms with Crippen molar-refractivity contribution < 1.29 is 41.2 Å². The van der Waals surface area contributed by atoms with Crippen LogP contribution in [0.2, 0.25) is 0 Å². The van der Waals surface area contributed by atoms with Crippen LogP contribution in [0.1, 0.15) is 46.5 Å².